The number of anilines is 12. The Morgan fingerprint density at radius 2 is 0.264 bits per heavy atom. The van der Waals surface area contributed by atoms with Gasteiger partial charge in [-0.1, -0.05) is 315 Å². The van der Waals surface area contributed by atoms with Gasteiger partial charge >= 0.3 is 0 Å². The fourth-order valence-electron chi connectivity index (χ4n) is 19.6. The molecule has 0 amide bonds. The minimum atomic E-state index is 0.748. The zero-order chi connectivity index (χ0) is 98.4. The molecule has 0 saturated carbocycles. The minimum absolute atomic E-state index is 0.748. The average molecular weight is 1970 g/mol. The molecule has 0 unspecified atom stereocenters. The Morgan fingerprint density at radius 1 is 0.122 bits per heavy atom. The van der Waals surface area contributed by atoms with Crippen LogP contribution >= 0.6 is 45.3 Å². The van der Waals surface area contributed by atoms with Crippen LogP contribution in [0.15, 0.2) is 534 Å². The molecule has 148 heavy (non-hydrogen) atoms. The Kier molecular flexibility index (Phi) is 25.1. The first kappa shape index (κ1) is 90.6. The lowest BCUT2D eigenvalue weighted by atomic mass is 9.97. The predicted octanol–water partition coefficient (Wildman–Crippen LogP) is 37.3. The lowest BCUT2D eigenvalue weighted by molar-refractivity contribution is 1.27. The lowest BCUT2D eigenvalue weighted by Crippen LogP contribution is -2.09. The molecular formula is C132H88N12S4. The van der Waals surface area contributed by atoms with Crippen molar-refractivity contribution in [1.29, 1.82) is 0 Å². The van der Waals surface area contributed by atoms with Gasteiger partial charge in [0.15, 0.2) is 0 Å². The van der Waals surface area contributed by atoms with Crippen molar-refractivity contribution >= 4 is 158 Å². The van der Waals surface area contributed by atoms with E-state index in [0.29, 0.717) is 0 Å². The van der Waals surface area contributed by atoms with Gasteiger partial charge in [0.2, 0.25) is 0 Å². The molecule has 26 rings (SSSR count). The molecule has 12 nitrogen and oxygen atoms in total. The quantitative estimate of drug-likeness (QED) is 0.0536. The van der Waals surface area contributed by atoms with Crippen LogP contribution < -0.4 is 19.6 Å². The first-order valence-corrected chi connectivity index (χ1v) is 52.3. The third kappa shape index (κ3) is 18.1. The van der Waals surface area contributed by atoms with Gasteiger partial charge in [0.25, 0.3) is 0 Å². The molecule has 700 valence electrons. The third-order valence-corrected chi connectivity index (χ3v) is 31.0. The minimum Gasteiger partial charge on any atom is -0.311 e. The number of fused-ring (bicyclic) bond motifs is 4. The molecule has 0 aliphatic rings. The van der Waals surface area contributed by atoms with Crippen LogP contribution in [0, 0.1) is 0 Å². The van der Waals surface area contributed by atoms with Crippen LogP contribution in [0.1, 0.15) is 0 Å². The van der Waals surface area contributed by atoms with Crippen molar-refractivity contribution in [3.63, 3.8) is 0 Å². The van der Waals surface area contributed by atoms with Gasteiger partial charge < -0.3 is 19.6 Å². The molecule has 8 aromatic heterocycles. The number of thiophene rings is 4. The van der Waals surface area contributed by atoms with E-state index < -0.39 is 0 Å². The molecule has 0 aliphatic carbocycles. The van der Waals surface area contributed by atoms with Crippen LogP contribution in [0.25, 0.3) is 173 Å². The van der Waals surface area contributed by atoms with Crippen molar-refractivity contribution in [3.05, 3.63) is 534 Å². The van der Waals surface area contributed by atoms with E-state index >= 15 is 0 Å². The molecule has 0 radical (unpaired) electrons. The summed E-state index contributed by atoms with van der Waals surface area (Å²) < 4.78 is 0. The highest BCUT2D eigenvalue weighted by Crippen LogP contribution is 2.53. The maximum Gasteiger partial charge on any atom is 0.101 e. The summed E-state index contributed by atoms with van der Waals surface area (Å²) in [6, 6.07) is 179. The largest absolute Gasteiger partial charge is 0.311 e. The molecule has 0 fully saturated rings. The van der Waals surface area contributed by atoms with E-state index in [-0.39, 0.29) is 0 Å². The van der Waals surface area contributed by atoms with Crippen LogP contribution in [0.4, 0.5) is 68.2 Å². The second kappa shape index (κ2) is 41.0. The molecule has 18 aromatic carbocycles. The van der Waals surface area contributed by atoms with Crippen LogP contribution in [-0.4, -0.2) is 39.9 Å². The van der Waals surface area contributed by atoms with E-state index in [1.54, 1.807) is 70.1 Å². The molecule has 8 heterocycles. The van der Waals surface area contributed by atoms with Gasteiger partial charge in [0, 0.05) is 177 Å². The Hall–Kier alpha value is -18.7. The van der Waals surface area contributed by atoms with Gasteiger partial charge in [-0.25, -0.2) is 19.9 Å². The smallest absolute Gasteiger partial charge is 0.101 e. The molecule has 26 aromatic rings. The highest BCUT2D eigenvalue weighted by atomic mass is 32.1. The summed E-state index contributed by atoms with van der Waals surface area (Å²) >= 11 is 6.92. The fraction of sp³-hybridized carbons (Fsp3) is 0. The van der Waals surface area contributed by atoms with Crippen molar-refractivity contribution in [2.75, 3.05) is 19.6 Å². The number of nitrogens with zero attached hydrogens (tertiary/aromatic N) is 12. The third-order valence-electron chi connectivity index (χ3n) is 26.4. The Morgan fingerprint density at radius 3 is 0.432 bits per heavy atom. The maximum atomic E-state index is 5.90. The lowest BCUT2D eigenvalue weighted by Gasteiger charge is -2.25. The molecule has 0 atom stereocenters. The summed E-state index contributed by atoms with van der Waals surface area (Å²) in [5, 5.41) is 0. The van der Waals surface area contributed by atoms with E-state index in [4.69, 9.17) is 39.9 Å². The zero-order valence-corrected chi connectivity index (χ0v) is 83.1. The number of hydrogen-bond donors (Lipinski definition) is 0. The number of hydrogen-bond acceptors (Lipinski definition) is 16. The molecule has 0 bridgehead atoms. The molecule has 16 heteroatoms. The van der Waals surface area contributed by atoms with E-state index in [0.717, 1.165) is 241 Å². The van der Waals surface area contributed by atoms with Crippen molar-refractivity contribution in [3.8, 4) is 129 Å². The van der Waals surface area contributed by atoms with Gasteiger partial charge in [-0.15, -0.1) is 45.3 Å². The normalized spacial score (nSPS) is 11.2. The topological polar surface area (TPSA) is 116 Å². The summed E-state index contributed by atoms with van der Waals surface area (Å²) in [6.45, 7) is 0. The first-order chi connectivity index (χ1) is 73.4. The van der Waals surface area contributed by atoms with Crippen molar-refractivity contribution in [2.45, 2.75) is 0 Å². The van der Waals surface area contributed by atoms with Gasteiger partial charge in [0.05, 0.1) is 22.8 Å². The second-order valence-electron chi connectivity index (χ2n) is 35.6. The summed E-state index contributed by atoms with van der Waals surface area (Å²) in [4.78, 5) is 61.3. The summed E-state index contributed by atoms with van der Waals surface area (Å²) in [5.74, 6) is 0. The van der Waals surface area contributed by atoms with Crippen molar-refractivity contribution in [2.24, 2.45) is 0 Å². The highest BCUT2D eigenvalue weighted by molar-refractivity contribution is 7.20. The number of benzene rings is 18. The Balaban J connectivity index is 0.000000162. The maximum absolute atomic E-state index is 5.90. The summed E-state index contributed by atoms with van der Waals surface area (Å²) in [7, 11) is 0. The van der Waals surface area contributed by atoms with Crippen LogP contribution in [0.5, 0.6) is 0 Å². The van der Waals surface area contributed by atoms with E-state index in [9.17, 15) is 0 Å². The fourth-order valence-corrected chi connectivity index (χ4v) is 23.8. The predicted molar refractivity (Wildman–Crippen MR) is 621 cm³/mol. The Labute approximate surface area is 873 Å². The second-order valence-corrected chi connectivity index (χ2v) is 39.9. The number of aromatic nitrogens is 8. The highest BCUT2D eigenvalue weighted by Gasteiger charge is 2.31. The van der Waals surface area contributed by atoms with E-state index in [1.165, 1.54) is 0 Å². The van der Waals surface area contributed by atoms with E-state index in [2.05, 4.69) is 481 Å². The van der Waals surface area contributed by atoms with Gasteiger partial charge in [-0.3, -0.25) is 19.9 Å². The summed E-state index contributed by atoms with van der Waals surface area (Å²) in [5.41, 5.74) is 34.5. The number of para-hydroxylation sites is 8. The molecule has 0 spiro atoms. The molecule has 0 N–H and O–H groups in total. The van der Waals surface area contributed by atoms with Crippen molar-refractivity contribution < 1.29 is 0 Å². The summed E-state index contributed by atoms with van der Waals surface area (Å²) in [6.07, 6.45) is 7.08. The van der Waals surface area contributed by atoms with Gasteiger partial charge in [-0.05, 0) is 216 Å². The van der Waals surface area contributed by atoms with Crippen LogP contribution in [0.2, 0.25) is 0 Å². The standard InChI is InChI=1S/C78H52N6S2.C54H36N6S2/c1-9-25-55(26-10-1)71-72(56-27-11-2-12-28-56)80-76-70(68-52-50-66(86-68)54-43-47-64(48-44-54)84(61-37-21-7-22-38-61)62-39-23-8-24-40-62)78-77(81-73(57-29-13-3-14-30-57)74(82-78)58-31-15-4-16-32-58)69(75(76)79-71)67-51-49-65(85-67)53-41-45-63(46-42-53)83(59-33-17-5-18-34-59)60-35-19-6-20-36-60;1-5-13-39(14-6-1)59(40-15-7-2-8-16-40)43-25-21-37(22-26-43)45-29-31-47(61-45)49-51-53(57-35-33-55-51)50(54-52(49)56-34-36-58-54)48-32-30-46(62-48)38-23-27-44(28-24-38)60(41-17-9-3-10-18-41)42-19-11-4-12-20-42/h1-52H;1-36H. The monoisotopic (exact) mass is 1970 g/mol. The number of rotatable bonds is 24. The SMILES string of the molecule is c1ccc(-c2nc3c(-c4ccc(-c5ccc(N(c6ccccc6)c6ccccc6)cc5)s4)c4nc(-c5ccccc5)c(-c5ccccc5)nc4c(-c4ccc(-c5ccc(N(c6ccccc6)c6ccccc6)cc5)s4)c3nc2-c2ccccc2)cc1.c1ccc(N(c2ccccc2)c2ccc(-c3ccc(-c4c5nccnc5c(-c5ccc(-c6ccc(N(c7ccccc7)c7ccccc7)cc6)s5)c5nccnc45)s3)cc2)cc1. The molecule has 0 saturated heterocycles. The zero-order valence-electron chi connectivity index (χ0n) is 79.8. The van der Waals surface area contributed by atoms with Gasteiger partial charge in [0.1, 0.15) is 44.1 Å². The van der Waals surface area contributed by atoms with Crippen LogP contribution in [0.3, 0.4) is 0 Å². The van der Waals surface area contributed by atoms with E-state index in [1.807, 2.05) is 48.5 Å². The first-order valence-electron chi connectivity index (χ1n) is 49.1. The Bertz CT molecular complexity index is 8260. The van der Waals surface area contributed by atoms with Crippen LogP contribution in [-0.2, 0) is 0 Å². The molecular weight excluding hydrogens is 1880 g/mol. The van der Waals surface area contributed by atoms with Crippen molar-refractivity contribution in [1.82, 2.24) is 39.9 Å². The molecule has 0 aliphatic heterocycles. The average Bonchev–Trinajstić information content (AvgIpc) is 1.13. The van der Waals surface area contributed by atoms with Gasteiger partial charge in [-0.2, -0.15) is 0 Å².